The number of rotatable bonds is 6. The number of hydrogen-bond donors (Lipinski definition) is 1. The SMILES string of the molecule is CCCC1CN(CCc2ccc(OC)cc2)C(C)CN1. The first-order chi connectivity index (χ1) is 9.72. The third-order valence-corrected chi connectivity index (χ3v) is 4.26. The maximum atomic E-state index is 5.20. The number of benzene rings is 1. The van der Waals surface area contributed by atoms with Gasteiger partial charge in [0.2, 0.25) is 0 Å². The van der Waals surface area contributed by atoms with Crippen molar-refractivity contribution in [3.8, 4) is 5.75 Å². The van der Waals surface area contributed by atoms with E-state index >= 15 is 0 Å². The summed E-state index contributed by atoms with van der Waals surface area (Å²) in [6.07, 6.45) is 3.66. The Bertz CT molecular complexity index is 390. The van der Waals surface area contributed by atoms with Crippen LogP contribution in [0.2, 0.25) is 0 Å². The number of hydrogen-bond acceptors (Lipinski definition) is 3. The van der Waals surface area contributed by atoms with Crippen molar-refractivity contribution in [3.05, 3.63) is 29.8 Å². The Morgan fingerprint density at radius 3 is 2.70 bits per heavy atom. The minimum absolute atomic E-state index is 0.640. The molecular formula is C17H28N2O. The molecular weight excluding hydrogens is 248 g/mol. The van der Waals surface area contributed by atoms with Gasteiger partial charge >= 0.3 is 0 Å². The highest BCUT2D eigenvalue weighted by atomic mass is 16.5. The molecule has 0 bridgehead atoms. The van der Waals surface area contributed by atoms with Gasteiger partial charge in [-0.15, -0.1) is 0 Å². The topological polar surface area (TPSA) is 24.5 Å². The fraction of sp³-hybridized carbons (Fsp3) is 0.647. The Labute approximate surface area is 123 Å². The van der Waals surface area contributed by atoms with Crippen molar-refractivity contribution in [2.45, 2.75) is 45.2 Å². The van der Waals surface area contributed by atoms with Crippen molar-refractivity contribution in [1.29, 1.82) is 0 Å². The van der Waals surface area contributed by atoms with Crippen LogP contribution in [-0.4, -0.2) is 43.7 Å². The molecule has 3 nitrogen and oxygen atoms in total. The van der Waals surface area contributed by atoms with E-state index in [4.69, 9.17) is 4.74 Å². The molecule has 1 heterocycles. The lowest BCUT2D eigenvalue weighted by Crippen LogP contribution is -2.55. The number of methoxy groups -OCH3 is 1. The van der Waals surface area contributed by atoms with Crippen LogP contribution >= 0.6 is 0 Å². The van der Waals surface area contributed by atoms with Gasteiger partial charge < -0.3 is 10.1 Å². The molecule has 0 saturated carbocycles. The molecule has 0 amide bonds. The van der Waals surface area contributed by atoms with E-state index in [9.17, 15) is 0 Å². The molecule has 2 atom stereocenters. The largest absolute Gasteiger partial charge is 0.497 e. The molecule has 2 rings (SSSR count). The van der Waals surface area contributed by atoms with Gasteiger partial charge in [0.15, 0.2) is 0 Å². The Morgan fingerprint density at radius 1 is 1.30 bits per heavy atom. The zero-order valence-corrected chi connectivity index (χ0v) is 13.1. The van der Waals surface area contributed by atoms with E-state index in [0.717, 1.165) is 25.3 Å². The van der Waals surface area contributed by atoms with Crippen molar-refractivity contribution in [1.82, 2.24) is 10.2 Å². The van der Waals surface area contributed by atoms with E-state index in [2.05, 4.69) is 48.3 Å². The monoisotopic (exact) mass is 276 g/mol. The predicted octanol–water partition coefficient (Wildman–Crippen LogP) is 2.70. The zero-order chi connectivity index (χ0) is 14.4. The average Bonchev–Trinajstić information content (AvgIpc) is 2.48. The van der Waals surface area contributed by atoms with Crippen LogP contribution in [0.5, 0.6) is 5.75 Å². The van der Waals surface area contributed by atoms with Crippen LogP contribution in [0.4, 0.5) is 0 Å². The first-order valence-electron chi connectivity index (χ1n) is 7.83. The average molecular weight is 276 g/mol. The third-order valence-electron chi connectivity index (χ3n) is 4.26. The summed E-state index contributed by atoms with van der Waals surface area (Å²) in [5, 5.41) is 3.65. The highest BCUT2D eigenvalue weighted by molar-refractivity contribution is 5.27. The summed E-state index contributed by atoms with van der Waals surface area (Å²) < 4.78 is 5.20. The van der Waals surface area contributed by atoms with E-state index in [1.807, 2.05) is 0 Å². The summed E-state index contributed by atoms with van der Waals surface area (Å²) >= 11 is 0. The standard InChI is InChI=1S/C17H28N2O/c1-4-5-16-13-19(14(2)12-18-16)11-10-15-6-8-17(20-3)9-7-15/h6-9,14,16,18H,4-5,10-13H2,1-3H3. The van der Waals surface area contributed by atoms with E-state index in [1.54, 1.807) is 7.11 Å². The van der Waals surface area contributed by atoms with Crippen LogP contribution in [0.25, 0.3) is 0 Å². The lowest BCUT2D eigenvalue weighted by atomic mass is 10.0. The second-order valence-electron chi connectivity index (χ2n) is 5.84. The lowest BCUT2D eigenvalue weighted by Gasteiger charge is -2.39. The molecule has 1 aromatic carbocycles. The Kier molecular flexibility index (Phi) is 5.86. The highest BCUT2D eigenvalue weighted by Crippen LogP contribution is 2.14. The van der Waals surface area contributed by atoms with Gasteiger partial charge in [-0.3, -0.25) is 4.90 Å². The molecule has 2 unspecified atom stereocenters. The maximum Gasteiger partial charge on any atom is 0.118 e. The number of nitrogens with zero attached hydrogens (tertiary/aromatic N) is 1. The lowest BCUT2D eigenvalue weighted by molar-refractivity contribution is 0.138. The second kappa shape index (κ2) is 7.65. The number of ether oxygens (including phenoxy) is 1. The van der Waals surface area contributed by atoms with Gasteiger partial charge in [-0.05, 0) is 37.5 Å². The van der Waals surface area contributed by atoms with Gasteiger partial charge in [-0.1, -0.05) is 25.5 Å². The minimum atomic E-state index is 0.640. The second-order valence-corrected chi connectivity index (χ2v) is 5.84. The highest BCUT2D eigenvalue weighted by Gasteiger charge is 2.23. The maximum absolute atomic E-state index is 5.20. The van der Waals surface area contributed by atoms with Crippen LogP contribution in [0.3, 0.4) is 0 Å². The van der Waals surface area contributed by atoms with Gasteiger partial charge in [0.05, 0.1) is 7.11 Å². The Balaban J connectivity index is 1.84. The summed E-state index contributed by atoms with van der Waals surface area (Å²) in [5.74, 6) is 0.937. The van der Waals surface area contributed by atoms with Crippen molar-refractivity contribution in [2.24, 2.45) is 0 Å². The summed E-state index contributed by atoms with van der Waals surface area (Å²) in [6.45, 7) is 8.04. The van der Waals surface area contributed by atoms with Crippen LogP contribution in [0, 0.1) is 0 Å². The summed E-state index contributed by atoms with van der Waals surface area (Å²) in [6, 6.07) is 9.77. The van der Waals surface area contributed by atoms with Gasteiger partial charge in [0.25, 0.3) is 0 Å². The van der Waals surface area contributed by atoms with Crippen LogP contribution in [0.1, 0.15) is 32.3 Å². The molecule has 1 saturated heterocycles. The van der Waals surface area contributed by atoms with E-state index in [-0.39, 0.29) is 0 Å². The molecule has 1 N–H and O–H groups in total. The normalized spacial score (nSPS) is 23.8. The smallest absolute Gasteiger partial charge is 0.118 e. The molecule has 112 valence electrons. The van der Waals surface area contributed by atoms with Crippen molar-refractivity contribution in [3.63, 3.8) is 0 Å². The Hall–Kier alpha value is -1.06. The molecule has 3 heteroatoms. The predicted molar refractivity (Wildman–Crippen MR) is 84.4 cm³/mol. The van der Waals surface area contributed by atoms with Crippen molar-refractivity contribution in [2.75, 3.05) is 26.7 Å². The third kappa shape index (κ3) is 4.22. The molecule has 0 radical (unpaired) electrons. The van der Waals surface area contributed by atoms with Gasteiger partial charge in [0, 0.05) is 31.7 Å². The molecule has 20 heavy (non-hydrogen) atoms. The van der Waals surface area contributed by atoms with E-state index in [0.29, 0.717) is 12.1 Å². The van der Waals surface area contributed by atoms with Gasteiger partial charge in [-0.25, -0.2) is 0 Å². The first kappa shape index (κ1) is 15.3. The fourth-order valence-corrected chi connectivity index (χ4v) is 2.91. The molecule has 1 aromatic rings. The molecule has 0 spiro atoms. The van der Waals surface area contributed by atoms with Crippen molar-refractivity contribution < 1.29 is 4.74 Å². The van der Waals surface area contributed by atoms with E-state index < -0.39 is 0 Å². The number of nitrogens with one attached hydrogen (secondary N) is 1. The molecule has 0 aromatic heterocycles. The van der Waals surface area contributed by atoms with Gasteiger partial charge in [-0.2, -0.15) is 0 Å². The van der Waals surface area contributed by atoms with Crippen LogP contribution in [-0.2, 0) is 6.42 Å². The van der Waals surface area contributed by atoms with Crippen LogP contribution in [0.15, 0.2) is 24.3 Å². The summed E-state index contributed by atoms with van der Waals surface area (Å²) in [5.41, 5.74) is 1.39. The quantitative estimate of drug-likeness (QED) is 0.864. The fourth-order valence-electron chi connectivity index (χ4n) is 2.91. The first-order valence-corrected chi connectivity index (χ1v) is 7.83. The number of piperazine rings is 1. The minimum Gasteiger partial charge on any atom is -0.497 e. The molecule has 1 fully saturated rings. The molecule has 1 aliphatic rings. The summed E-state index contributed by atoms with van der Waals surface area (Å²) in [7, 11) is 1.71. The van der Waals surface area contributed by atoms with Crippen molar-refractivity contribution >= 4 is 0 Å². The van der Waals surface area contributed by atoms with Gasteiger partial charge in [0.1, 0.15) is 5.75 Å². The van der Waals surface area contributed by atoms with E-state index in [1.165, 1.54) is 24.9 Å². The molecule has 0 aliphatic carbocycles. The zero-order valence-electron chi connectivity index (χ0n) is 13.1. The Morgan fingerprint density at radius 2 is 2.05 bits per heavy atom. The molecule has 1 aliphatic heterocycles. The summed E-state index contributed by atoms with van der Waals surface area (Å²) in [4.78, 5) is 2.63. The van der Waals surface area contributed by atoms with Crippen LogP contribution < -0.4 is 10.1 Å².